The van der Waals surface area contributed by atoms with E-state index in [4.69, 9.17) is 9.47 Å². The minimum absolute atomic E-state index is 0.866. The Labute approximate surface area is 151 Å². The van der Waals surface area contributed by atoms with Gasteiger partial charge in [0.05, 0.1) is 24.4 Å². The number of nitrogens with zero attached hydrogens (tertiary/aromatic N) is 3. The Bertz CT molecular complexity index is 688. The molecule has 2 aromatic rings. The second-order valence-electron chi connectivity index (χ2n) is 5.77. The summed E-state index contributed by atoms with van der Waals surface area (Å²) >= 11 is 3.59. The first-order valence-corrected chi connectivity index (χ1v) is 8.78. The number of rotatable bonds is 5. The van der Waals surface area contributed by atoms with Crippen LogP contribution in [-0.4, -0.2) is 50.3 Å². The molecule has 0 spiro atoms. The molecule has 128 valence electrons. The van der Waals surface area contributed by atoms with Gasteiger partial charge in [-0.1, -0.05) is 0 Å². The predicted octanol–water partition coefficient (Wildman–Crippen LogP) is 3.18. The lowest BCUT2D eigenvalue weighted by atomic mass is 10.1. The molecule has 0 bridgehead atoms. The van der Waals surface area contributed by atoms with E-state index in [2.05, 4.69) is 42.8 Å². The highest BCUT2D eigenvalue weighted by Gasteiger charge is 2.20. The van der Waals surface area contributed by atoms with Crippen molar-refractivity contribution in [2.24, 2.45) is 0 Å². The van der Waals surface area contributed by atoms with E-state index in [1.165, 1.54) is 5.69 Å². The number of ether oxygens (including phenoxy) is 2. The van der Waals surface area contributed by atoms with E-state index in [0.29, 0.717) is 0 Å². The number of anilines is 1. The fourth-order valence-corrected chi connectivity index (χ4v) is 3.52. The van der Waals surface area contributed by atoms with Gasteiger partial charge >= 0.3 is 0 Å². The number of halogens is 1. The first-order valence-electron chi connectivity index (χ1n) is 7.99. The van der Waals surface area contributed by atoms with Crippen LogP contribution in [0.15, 0.2) is 41.1 Å². The second kappa shape index (κ2) is 7.85. The van der Waals surface area contributed by atoms with Crippen LogP contribution in [0.1, 0.15) is 5.56 Å². The second-order valence-corrected chi connectivity index (χ2v) is 6.62. The molecule has 6 heteroatoms. The highest BCUT2D eigenvalue weighted by molar-refractivity contribution is 9.10. The fourth-order valence-electron chi connectivity index (χ4n) is 3.02. The number of methoxy groups -OCH3 is 2. The molecule has 1 aliphatic heterocycles. The molecule has 5 nitrogen and oxygen atoms in total. The van der Waals surface area contributed by atoms with Gasteiger partial charge in [-0.3, -0.25) is 9.88 Å². The number of aromatic nitrogens is 1. The summed E-state index contributed by atoms with van der Waals surface area (Å²) in [5.41, 5.74) is 2.37. The van der Waals surface area contributed by atoms with Crippen LogP contribution in [0.4, 0.5) is 5.69 Å². The molecule has 2 heterocycles. The van der Waals surface area contributed by atoms with Crippen molar-refractivity contribution in [1.29, 1.82) is 0 Å². The molecule has 0 N–H and O–H groups in total. The van der Waals surface area contributed by atoms with Gasteiger partial charge in [-0.25, -0.2) is 0 Å². The maximum Gasteiger partial charge on any atom is 0.123 e. The van der Waals surface area contributed by atoms with E-state index in [9.17, 15) is 0 Å². The Balaban J connectivity index is 1.64. The average molecular weight is 392 g/mol. The average Bonchev–Trinajstić information content (AvgIpc) is 2.63. The van der Waals surface area contributed by atoms with Crippen LogP contribution in [0, 0.1) is 0 Å². The van der Waals surface area contributed by atoms with Crippen LogP contribution in [-0.2, 0) is 6.54 Å². The summed E-state index contributed by atoms with van der Waals surface area (Å²) < 4.78 is 11.9. The van der Waals surface area contributed by atoms with Crippen molar-refractivity contribution in [2.45, 2.75) is 6.54 Å². The van der Waals surface area contributed by atoms with Crippen molar-refractivity contribution in [3.8, 4) is 11.5 Å². The molecule has 0 unspecified atom stereocenters. The third kappa shape index (κ3) is 3.82. The summed E-state index contributed by atoms with van der Waals surface area (Å²) in [6.07, 6.45) is 3.69. The molecular formula is C18H22BrN3O2. The Morgan fingerprint density at radius 1 is 1.08 bits per heavy atom. The SMILES string of the molecule is COc1ccc(OC)c(CN2CCN(c3ccncc3Br)CC2)c1. The lowest BCUT2D eigenvalue weighted by molar-refractivity contribution is 0.245. The zero-order chi connectivity index (χ0) is 16.9. The minimum atomic E-state index is 0.866. The number of pyridine rings is 1. The van der Waals surface area contributed by atoms with Crippen molar-refractivity contribution >= 4 is 21.6 Å². The van der Waals surface area contributed by atoms with E-state index in [1.807, 2.05) is 24.5 Å². The van der Waals surface area contributed by atoms with Crippen LogP contribution in [0.25, 0.3) is 0 Å². The van der Waals surface area contributed by atoms with Gasteiger partial charge in [-0.15, -0.1) is 0 Å². The third-order valence-corrected chi connectivity index (χ3v) is 4.96. The smallest absolute Gasteiger partial charge is 0.123 e. The van der Waals surface area contributed by atoms with E-state index >= 15 is 0 Å². The molecule has 0 saturated carbocycles. The lowest BCUT2D eigenvalue weighted by Gasteiger charge is -2.36. The normalized spacial score (nSPS) is 15.4. The molecule has 0 aliphatic carbocycles. The Hall–Kier alpha value is -1.79. The van der Waals surface area contributed by atoms with Crippen molar-refractivity contribution in [3.05, 3.63) is 46.7 Å². The summed E-state index contributed by atoms with van der Waals surface area (Å²) in [5, 5.41) is 0. The van der Waals surface area contributed by atoms with Gasteiger partial charge in [0.15, 0.2) is 0 Å². The van der Waals surface area contributed by atoms with Gasteiger partial charge in [0.2, 0.25) is 0 Å². The molecular weight excluding hydrogens is 370 g/mol. The van der Waals surface area contributed by atoms with Gasteiger partial charge < -0.3 is 14.4 Å². The molecule has 1 aromatic carbocycles. The van der Waals surface area contributed by atoms with Crippen LogP contribution in [0.3, 0.4) is 0 Å². The standard InChI is InChI=1S/C18H22BrN3O2/c1-23-15-3-4-18(24-2)14(11-15)13-21-7-9-22(10-8-21)17-5-6-20-12-16(17)19/h3-6,11-12H,7-10,13H2,1-2H3. The van der Waals surface area contributed by atoms with E-state index in [1.54, 1.807) is 14.2 Å². The van der Waals surface area contributed by atoms with Crippen molar-refractivity contribution < 1.29 is 9.47 Å². The zero-order valence-corrected chi connectivity index (χ0v) is 15.6. The van der Waals surface area contributed by atoms with Crippen molar-refractivity contribution in [3.63, 3.8) is 0 Å². The monoisotopic (exact) mass is 391 g/mol. The van der Waals surface area contributed by atoms with Crippen LogP contribution in [0.2, 0.25) is 0 Å². The maximum absolute atomic E-state index is 5.49. The fraction of sp³-hybridized carbons (Fsp3) is 0.389. The number of hydrogen-bond donors (Lipinski definition) is 0. The molecule has 0 radical (unpaired) electrons. The van der Waals surface area contributed by atoms with Crippen LogP contribution >= 0.6 is 15.9 Å². The van der Waals surface area contributed by atoms with Gasteiger partial charge in [0.25, 0.3) is 0 Å². The van der Waals surface area contributed by atoms with Gasteiger partial charge in [-0.2, -0.15) is 0 Å². The van der Waals surface area contributed by atoms with E-state index in [0.717, 1.165) is 54.3 Å². The quantitative estimate of drug-likeness (QED) is 0.782. The first kappa shape index (κ1) is 17.0. The first-order chi connectivity index (χ1) is 11.7. The highest BCUT2D eigenvalue weighted by atomic mass is 79.9. The van der Waals surface area contributed by atoms with Gasteiger partial charge in [-0.05, 0) is 40.2 Å². The third-order valence-electron chi connectivity index (χ3n) is 4.35. The summed E-state index contributed by atoms with van der Waals surface area (Å²) in [6.45, 7) is 4.87. The van der Waals surface area contributed by atoms with Gasteiger partial charge in [0.1, 0.15) is 11.5 Å². The van der Waals surface area contributed by atoms with Crippen LogP contribution in [0.5, 0.6) is 11.5 Å². The van der Waals surface area contributed by atoms with Crippen LogP contribution < -0.4 is 14.4 Å². The Morgan fingerprint density at radius 2 is 1.88 bits per heavy atom. The number of benzene rings is 1. The lowest BCUT2D eigenvalue weighted by Crippen LogP contribution is -2.46. The van der Waals surface area contributed by atoms with E-state index in [-0.39, 0.29) is 0 Å². The molecule has 24 heavy (non-hydrogen) atoms. The molecule has 0 amide bonds. The Morgan fingerprint density at radius 3 is 2.54 bits per heavy atom. The van der Waals surface area contributed by atoms with Crippen molar-refractivity contribution in [2.75, 3.05) is 45.3 Å². The summed E-state index contributed by atoms with van der Waals surface area (Å²) in [7, 11) is 3.40. The topological polar surface area (TPSA) is 37.8 Å². The predicted molar refractivity (Wildman–Crippen MR) is 99.0 cm³/mol. The molecule has 1 saturated heterocycles. The molecule has 1 aromatic heterocycles. The van der Waals surface area contributed by atoms with E-state index < -0.39 is 0 Å². The number of piperazine rings is 1. The Kier molecular flexibility index (Phi) is 5.58. The summed E-state index contributed by atoms with van der Waals surface area (Å²) in [4.78, 5) is 8.98. The molecule has 3 rings (SSSR count). The van der Waals surface area contributed by atoms with Crippen molar-refractivity contribution in [1.82, 2.24) is 9.88 Å². The summed E-state index contributed by atoms with van der Waals surface area (Å²) in [6, 6.07) is 8.02. The number of hydrogen-bond acceptors (Lipinski definition) is 5. The zero-order valence-electron chi connectivity index (χ0n) is 14.0. The highest BCUT2D eigenvalue weighted by Crippen LogP contribution is 2.28. The van der Waals surface area contributed by atoms with Gasteiger partial charge in [0, 0.05) is 50.7 Å². The molecule has 0 atom stereocenters. The maximum atomic E-state index is 5.49. The largest absolute Gasteiger partial charge is 0.497 e. The summed E-state index contributed by atoms with van der Waals surface area (Å²) in [5.74, 6) is 1.78. The molecule has 1 fully saturated rings. The molecule has 1 aliphatic rings. The minimum Gasteiger partial charge on any atom is -0.497 e.